The number of aromatic nitrogens is 2. The van der Waals surface area contributed by atoms with Crippen molar-refractivity contribution in [2.24, 2.45) is 0 Å². The van der Waals surface area contributed by atoms with Crippen molar-refractivity contribution < 1.29 is 4.79 Å². The third-order valence-electron chi connectivity index (χ3n) is 2.96. The van der Waals surface area contributed by atoms with Gasteiger partial charge in [-0.25, -0.2) is 4.98 Å². The number of nitrogen functional groups attached to an aromatic ring is 1. The molecule has 0 fully saturated rings. The van der Waals surface area contributed by atoms with Crippen molar-refractivity contribution >= 4 is 28.2 Å². The highest BCUT2D eigenvalue weighted by Crippen LogP contribution is 2.22. The third kappa shape index (κ3) is 2.87. The summed E-state index contributed by atoms with van der Waals surface area (Å²) in [7, 11) is 3.42. The van der Waals surface area contributed by atoms with Crippen molar-refractivity contribution in [1.82, 2.24) is 14.9 Å². The number of carbonyl (C=O) groups is 1. The molecule has 1 aromatic carbocycles. The van der Waals surface area contributed by atoms with Crippen molar-refractivity contribution in [1.29, 1.82) is 0 Å². The van der Waals surface area contributed by atoms with Crippen LogP contribution in [0.2, 0.25) is 0 Å². The molecule has 7 heteroatoms. The number of hydrogen-bond donors (Lipinski definition) is 3. The van der Waals surface area contributed by atoms with E-state index < -0.39 is 0 Å². The minimum Gasteiger partial charge on any atom is -0.397 e. The number of rotatable bonds is 4. The minimum atomic E-state index is -0.226. The summed E-state index contributed by atoms with van der Waals surface area (Å²) in [6.07, 6.45) is 1.72. The maximum absolute atomic E-state index is 11.6. The van der Waals surface area contributed by atoms with Gasteiger partial charge in [0.25, 0.3) is 5.56 Å². The van der Waals surface area contributed by atoms with Crippen LogP contribution < -0.4 is 16.6 Å². The van der Waals surface area contributed by atoms with Gasteiger partial charge in [0.05, 0.1) is 28.6 Å². The average Bonchev–Trinajstić information content (AvgIpc) is 2.40. The molecule has 0 radical (unpaired) electrons. The summed E-state index contributed by atoms with van der Waals surface area (Å²) in [6.45, 7) is 0.468. The first-order valence-electron chi connectivity index (χ1n) is 6.20. The molecule has 0 aliphatic carbocycles. The fraction of sp³-hybridized carbons (Fsp3) is 0.308. The third-order valence-corrected chi connectivity index (χ3v) is 2.96. The monoisotopic (exact) mass is 275 g/mol. The van der Waals surface area contributed by atoms with E-state index in [0.29, 0.717) is 35.2 Å². The Morgan fingerprint density at radius 1 is 1.45 bits per heavy atom. The first kappa shape index (κ1) is 13.9. The molecule has 0 bridgehead atoms. The highest BCUT2D eigenvalue weighted by Gasteiger charge is 2.07. The molecule has 0 unspecified atom stereocenters. The van der Waals surface area contributed by atoms with Crippen LogP contribution in [0.15, 0.2) is 23.3 Å². The number of nitrogens with one attached hydrogen (secondary N) is 2. The quantitative estimate of drug-likeness (QED) is 0.700. The molecular formula is C13H17N5O2. The molecule has 2 aromatic rings. The zero-order valence-corrected chi connectivity index (χ0v) is 11.4. The SMILES string of the molecule is CN(C)C(=O)CCNc1cc2nc[nH]c(=O)c2cc1N. The molecule has 0 saturated carbocycles. The number of anilines is 2. The van der Waals surface area contributed by atoms with Gasteiger partial charge in [-0.1, -0.05) is 0 Å². The van der Waals surface area contributed by atoms with Crippen LogP contribution in [-0.2, 0) is 4.79 Å². The summed E-state index contributed by atoms with van der Waals surface area (Å²) in [6, 6.07) is 3.29. The van der Waals surface area contributed by atoms with Crippen LogP contribution in [0.5, 0.6) is 0 Å². The van der Waals surface area contributed by atoms with Crippen LogP contribution in [0.4, 0.5) is 11.4 Å². The zero-order valence-electron chi connectivity index (χ0n) is 11.4. The van der Waals surface area contributed by atoms with Crippen molar-refractivity contribution in [2.75, 3.05) is 31.7 Å². The highest BCUT2D eigenvalue weighted by atomic mass is 16.2. The molecule has 0 atom stereocenters. The van der Waals surface area contributed by atoms with Crippen molar-refractivity contribution in [3.8, 4) is 0 Å². The van der Waals surface area contributed by atoms with Crippen LogP contribution in [0, 0.1) is 0 Å². The molecule has 1 aromatic heterocycles. The summed E-state index contributed by atoms with van der Waals surface area (Å²) in [5.74, 6) is 0.0337. The lowest BCUT2D eigenvalue weighted by Crippen LogP contribution is -2.24. The lowest BCUT2D eigenvalue weighted by molar-refractivity contribution is -0.128. The molecule has 0 saturated heterocycles. The van der Waals surface area contributed by atoms with Crippen molar-refractivity contribution in [2.45, 2.75) is 6.42 Å². The van der Waals surface area contributed by atoms with Crippen molar-refractivity contribution in [3.63, 3.8) is 0 Å². The molecule has 1 amide bonds. The fourth-order valence-electron chi connectivity index (χ4n) is 1.81. The molecule has 0 aliphatic heterocycles. The minimum absolute atomic E-state index is 0.0337. The van der Waals surface area contributed by atoms with Gasteiger partial charge in [0, 0.05) is 27.1 Å². The lowest BCUT2D eigenvalue weighted by Gasteiger charge is -2.12. The van der Waals surface area contributed by atoms with E-state index in [9.17, 15) is 9.59 Å². The number of fused-ring (bicyclic) bond motifs is 1. The van der Waals surface area contributed by atoms with Gasteiger partial charge in [-0.15, -0.1) is 0 Å². The first-order chi connectivity index (χ1) is 9.49. The summed E-state index contributed by atoms with van der Waals surface area (Å²) >= 11 is 0. The van der Waals surface area contributed by atoms with Crippen molar-refractivity contribution in [3.05, 3.63) is 28.8 Å². The van der Waals surface area contributed by atoms with Crippen LogP contribution in [0.3, 0.4) is 0 Å². The zero-order chi connectivity index (χ0) is 14.7. The molecular weight excluding hydrogens is 258 g/mol. The smallest absolute Gasteiger partial charge is 0.258 e. The van der Waals surface area contributed by atoms with E-state index >= 15 is 0 Å². The van der Waals surface area contributed by atoms with Crippen LogP contribution in [-0.4, -0.2) is 41.4 Å². The van der Waals surface area contributed by atoms with E-state index in [-0.39, 0.29) is 11.5 Å². The number of hydrogen-bond acceptors (Lipinski definition) is 5. The maximum atomic E-state index is 11.6. The number of amides is 1. The van der Waals surface area contributed by atoms with Gasteiger partial charge in [-0.2, -0.15) is 0 Å². The Balaban J connectivity index is 2.17. The van der Waals surface area contributed by atoms with Gasteiger partial charge < -0.3 is 20.9 Å². The van der Waals surface area contributed by atoms with Crippen LogP contribution >= 0.6 is 0 Å². The molecule has 2 rings (SSSR count). The molecule has 4 N–H and O–H groups in total. The largest absolute Gasteiger partial charge is 0.397 e. The second kappa shape index (κ2) is 5.60. The van der Waals surface area contributed by atoms with Gasteiger partial charge in [-0.05, 0) is 12.1 Å². The summed E-state index contributed by atoms with van der Waals surface area (Å²) < 4.78 is 0. The Bertz CT molecular complexity index is 693. The van der Waals surface area contributed by atoms with E-state index in [0.717, 1.165) is 0 Å². The molecule has 106 valence electrons. The van der Waals surface area contributed by atoms with Crippen LogP contribution in [0.1, 0.15) is 6.42 Å². The van der Waals surface area contributed by atoms with E-state index in [1.165, 1.54) is 11.2 Å². The van der Waals surface area contributed by atoms with E-state index in [4.69, 9.17) is 5.73 Å². The van der Waals surface area contributed by atoms with Gasteiger partial charge in [0.1, 0.15) is 0 Å². The van der Waals surface area contributed by atoms with Gasteiger partial charge in [-0.3, -0.25) is 9.59 Å². The standard InChI is InChI=1S/C13H17N5O2/c1-18(2)12(19)3-4-15-11-6-10-8(5-9(11)14)13(20)17-7-16-10/h5-7,15H,3-4,14H2,1-2H3,(H,16,17,20). The Labute approximate surface area is 115 Å². The summed E-state index contributed by atoms with van der Waals surface area (Å²) in [4.78, 5) is 31.2. The summed E-state index contributed by atoms with van der Waals surface area (Å²) in [5.41, 5.74) is 7.35. The Morgan fingerprint density at radius 3 is 2.90 bits per heavy atom. The predicted molar refractivity (Wildman–Crippen MR) is 78.6 cm³/mol. The van der Waals surface area contributed by atoms with Gasteiger partial charge in [0.2, 0.25) is 5.91 Å². The normalized spacial score (nSPS) is 10.5. The number of nitrogens with two attached hydrogens (primary N) is 1. The second-order valence-electron chi connectivity index (χ2n) is 4.65. The number of aromatic amines is 1. The molecule has 7 nitrogen and oxygen atoms in total. The maximum Gasteiger partial charge on any atom is 0.258 e. The average molecular weight is 275 g/mol. The predicted octanol–water partition coefficient (Wildman–Crippen LogP) is 0.395. The second-order valence-corrected chi connectivity index (χ2v) is 4.65. The number of H-pyrrole nitrogens is 1. The number of nitrogens with zero attached hydrogens (tertiary/aromatic N) is 2. The Kier molecular flexibility index (Phi) is 3.88. The Morgan fingerprint density at radius 2 is 2.20 bits per heavy atom. The molecule has 0 spiro atoms. The summed E-state index contributed by atoms with van der Waals surface area (Å²) in [5, 5.41) is 3.53. The van der Waals surface area contributed by atoms with E-state index in [1.54, 1.807) is 26.2 Å². The lowest BCUT2D eigenvalue weighted by atomic mass is 10.2. The number of benzene rings is 1. The molecule has 1 heterocycles. The van der Waals surface area contributed by atoms with Gasteiger partial charge in [0.15, 0.2) is 0 Å². The van der Waals surface area contributed by atoms with Gasteiger partial charge >= 0.3 is 0 Å². The Hall–Kier alpha value is -2.57. The van der Waals surface area contributed by atoms with E-state index in [2.05, 4.69) is 15.3 Å². The highest BCUT2D eigenvalue weighted by molar-refractivity contribution is 5.88. The molecule has 20 heavy (non-hydrogen) atoms. The molecule has 0 aliphatic rings. The first-order valence-corrected chi connectivity index (χ1v) is 6.20. The van der Waals surface area contributed by atoms with Crippen LogP contribution in [0.25, 0.3) is 10.9 Å². The number of carbonyl (C=O) groups excluding carboxylic acids is 1. The topological polar surface area (TPSA) is 104 Å². The van der Waals surface area contributed by atoms with E-state index in [1.807, 2.05) is 0 Å². The fourth-order valence-corrected chi connectivity index (χ4v) is 1.81.